The van der Waals surface area contributed by atoms with E-state index in [1.54, 1.807) is 11.9 Å². The van der Waals surface area contributed by atoms with Crippen LogP contribution in [0.4, 0.5) is 26.3 Å². The maximum Gasteiger partial charge on any atom is 0.403 e. The molecule has 0 radical (unpaired) electrons. The minimum absolute atomic E-state index is 0.0456. The van der Waals surface area contributed by atoms with Gasteiger partial charge in [-0.15, -0.1) is 0 Å². The van der Waals surface area contributed by atoms with Gasteiger partial charge >= 0.3 is 6.18 Å². The van der Waals surface area contributed by atoms with E-state index in [0.717, 1.165) is 62.6 Å². The molecule has 6 amide bonds. The second-order valence-electron chi connectivity index (χ2n) is 18.7. The van der Waals surface area contributed by atoms with E-state index in [4.69, 9.17) is 11.6 Å². The Balaban J connectivity index is 0.000000344. The zero-order valence-corrected chi connectivity index (χ0v) is 41.6. The second-order valence-corrected chi connectivity index (χ2v) is 19.2. The number of aryl methyl sites for hydroxylation is 1. The molecule has 1 aromatic carbocycles. The standard InChI is InChI=1S/C19H33N5O5.C12H14ClN.C10H11F6NO.C4H10.C3H6/c1-22-10-8-6-4-5-7-9-15(24(3)17(27)11-20-14-25)19(29)21-12-16(26)23(2)13-18(22)28;1-9-8-11(13)2-3-12(9)10-4-6-14-7-5-10;11-6-1-2-17(3-6)7(18)8(10(14,15)16)4-9(12,13)5-8;1-4(2)3;1-2-3-1/h14-15H,4-13H2,1-3H3,(H,20,25)(H,21,29);2-4,8,14H,5-7H2,1H3;6H,1-5H2;4H,1-3H3;1-3H2. The SMILES string of the molecule is C1CC1.CC(C)C.CN1CCCCCCCC(N(C)C(=O)CNC=O)C(=O)NCC(=O)N(C)CC1=O.Cc1cc(Cl)ccc1C1=CCNCC1.O=C(N1CCC(F)C1)C1(C(F)(F)F)CC(F)(F)C1. The lowest BCUT2D eigenvalue weighted by Gasteiger charge is -2.47. The number of carbonyl (C=O) groups is 6. The second kappa shape index (κ2) is 28.9. The fourth-order valence-corrected chi connectivity index (χ4v) is 7.69. The van der Waals surface area contributed by atoms with Crippen molar-refractivity contribution in [3.8, 4) is 0 Å². The van der Waals surface area contributed by atoms with Gasteiger partial charge in [0.25, 0.3) is 5.92 Å². The van der Waals surface area contributed by atoms with Crippen LogP contribution >= 0.6 is 11.6 Å². The maximum absolute atomic E-state index is 12.9. The summed E-state index contributed by atoms with van der Waals surface area (Å²) in [6.45, 7) is 10.2. The summed E-state index contributed by atoms with van der Waals surface area (Å²) < 4.78 is 76.8. The van der Waals surface area contributed by atoms with E-state index in [2.05, 4.69) is 55.8 Å². The predicted molar refractivity (Wildman–Crippen MR) is 251 cm³/mol. The molecule has 386 valence electrons. The summed E-state index contributed by atoms with van der Waals surface area (Å²) in [7, 11) is 4.75. The van der Waals surface area contributed by atoms with Gasteiger partial charge in [-0.2, -0.15) is 13.2 Å². The van der Waals surface area contributed by atoms with Crippen molar-refractivity contribution >= 4 is 53.1 Å². The Bertz CT molecular complexity index is 1820. The molecule has 5 aliphatic rings. The summed E-state index contributed by atoms with van der Waals surface area (Å²) in [5.41, 5.74) is 1.03. The van der Waals surface area contributed by atoms with Gasteiger partial charge < -0.3 is 35.6 Å². The van der Waals surface area contributed by atoms with Gasteiger partial charge in [-0.3, -0.25) is 28.8 Å². The van der Waals surface area contributed by atoms with Crippen molar-refractivity contribution in [2.75, 3.05) is 73.5 Å². The molecule has 0 spiro atoms. The molecule has 4 fully saturated rings. The van der Waals surface area contributed by atoms with E-state index in [9.17, 15) is 55.1 Å². The maximum atomic E-state index is 12.9. The number of carbonyl (C=O) groups excluding carboxylic acids is 6. The highest BCUT2D eigenvalue weighted by Crippen LogP contribution is 2.61. The Kier molecular flexibility index (Phi) is 25.4. The van der Waals surface area contributed by atoms with E-state index >= 15 is 0 Å². The molecule has 2 unspecified atom stereocenters. The molecule has 1 aromatic rings. The highest BCUT2D eigenvalue weighted by molar-refractivity contribution is 6.30. The third-order valence-electron chi connectivity index (χ3n) is 11.6. The van der Waals surface area contributed by atoms with Gasteiger partial charge in [0.15, 0.2) is 5.41 Å². The fraction of sp³-hybridized carbons (Fsp3) is 0.708. The molecule has 6 rings (SSSR count). The average molecular weight is 995 g/mol. The van der Waals surface area contributed by atoms with Crippen molar-refractivity contribution in [3.05, 3.63) is 40.4 Å². The van der Waals surface area contributed by atoms with Crippen molar-refractivity contribution in [1.82, 2.24) is 35.6 Å². The molecule has 2 atom stereocenters. The number of likely N-dealkylation sites (tertiary alicyclic amines) is 1. The van der Waals surface area contributed by atoms with Crippen molar-refractivity contribution in [1.29, 1.82) is 0 Å². The summed E-state index contributed by atoms with van der Waals surface area (Å²) in [4.78, 5) is 76.4. The Labute approximate surface area is 403 Å². The van der Waals surface area contributed by atoms with Gasteiger partial charge in [-0.1, -0.05) is 89.5 Å². The Morgan fingerprint density at radius 2 is 1.54 bits per heavy atom. The molecular formula is C48H74ClF6N7O6. The summed E-state index contributed by atoms with van der Waals surface area (Å²) in [6, 6.07) is 5.39. The molecule has 2 saturated carbocycles. The third-order valence-corrected chi connectivity index (χ3v) is 11.8. The van der Waals surface area contributed by atoms with Gasteiger partial charge in [0.2, 0.25) is 35.9 Å². The van der Waals surface area contributed by atoms with E-state index < -0.39 is 60.9 Å². The highest BCUT2D eigenvalue weighted by atomic mass is 35.5. The molecule has 0 aromatic heterocycles. The quantitative estimate of drug-likeness (QED) is 0.200. The van der Waals surface area contributed by atoms with E-state index in [1.807, 2.05) is 12.1 Å². The lowest BCUT2D eigenvalue weighted by Crippen LogP contribution is -2.62. The fourth-order valence-electron chi connectivity index (χ4n) is 7.46. The van der Waals surface area contributed by atoms with Crippen LogP contribution in [0.5, 0.6) is 0 Å². The number of halogens is 7. The van der Waals surface area contributed by atoms with Gasteiger partial charge in [0, 0.05) is 58.6 Å². The number of hydrogen-bond donors (Lipinski definition) is 3. The van der Waals surface area contributed by atoms with Gasteiger partial charge in [-0.05, 0) is 73.9 Å². The Morgan fingerprint density at radius 3 is 2.06 bits per heavy atom. The molecule has 68 heavy (non-hydrogen) atoms. The number of benzene rings is 1. The average Bonchev–Trinajstić information content (AvgIpc) is 4.09. The topological polar surface area (TPSA) is 151 Å². The normalized spacial score (nSPS) is 21.8. The third kappa shape index (κ3) is 20.7. The Morgan fingerprint density at radius 1 is 0.941 bits per heavy atom. The first-order valence-corrected chi connectivity index (χ1v) is 24.0. The highest BCUT2D eigenvalue weighted by Gasteiger charge is 2.74. The van der Waals surface area contributed by atoms with Gasteiger partial charge in [0.05, 0.1) is 26.2 Å². The van der Waals surface area contributed by atoms with Crippen molar-refractivity contribution in [2.45, 2.75) is 135 Å². The molecule has 2 aliphatic carbocycles. The molecule has 3 heterocycles. The van der Waals surface area contributed by atoms with E-state index in [1.165, 1.54) is 59.9 Å². The van der Waals surface area contributed by atoms with Crippen LogP contribution in [-0.4, -0.2) is 153 Å². The number of rotatable bonds is 6. The summed E-state index contributed by atoms with van der Waals surface area (Å²) in [6.07, 6.45) is 3.72. The van der Waals surface area contributed by atoms with Crippen LogP contribution in [0.2, 0.25) is 5.02 Å². The van der Waals surface area contributed by atoms with Crippen molar-refractivity contribution in [3.63, 3.8) is 0 Å². The van der Waals surface area contributed by atoms with Crippen molar-refractivity contribution < 1.29 is 55.1 Å². The van der Waals surface area contributed by atoms with Crippen LogP contribution < -0.4 is 16.0 Å². The monoisotopic (exact) mass is 994 g/mol. The number of likely N-dealkylation sites (N-methyl/N-ethyl adjacent to an activating group) is 3. The smallest absolute Gasteiger partial charge is 0.350 e. The van der Waals surface area contributed by atoms with Crippen LogP contribution in [-0.2, 0) is 28.8 Å². The van der Waals surface area contributed by atoms with Gasteiger partial charge in [0.1, 0.15) is 12.2 Å². The molecule has 2 saturated heterocycles. The van der Waals surface area contributed by atoms with Crippen LogP contribution in [0, 0.1) is 18.3 Å². The van der Waals surface area contributed by atoms with Crippen molar-refractivity contribution in [2.24, 2.45) is 11.3 Å². The van der Waals surface area contributed by atoms with Crippen LogP contribution in [0.25, 0.3) is 5.57 Å². The molecule has 3 aliphatic heterocycles. The first-order valence-electron chi connectivity index (χ1n) is 23.6. The van der Waals surface area contributed by atoms with E-state index in [0.29, 0.717) is 24.3 Å². The molecule has 20 heteroatoms. The summed E-state index contributed by atoms with van der Waals surface area (Å²) in [5, 5.41) is 9.01. The lowest BCUT2D eigenvalue weighted by atomic mass is 9.64. The first-order chi connectivity index (χ1) is 31.8. The number of nitrogens with zero attached hydrogens (tertiary/aromatic N) is 4. The minimum Gasteiger partial charge on any atom is -0.350 e. The summed E-state index contributed by atoms with van der Waals surface area (Å²) in [5.74, 6) is -5.40. The Hall–Kier alpha value is -4.39. The summed E-state index contributed by atoms with van der Waals surface area (Å²) >= 11 is 5.92. The molecule has 0 bridgehead atoms. The number of alkyl halides is 6. The number of nitrogens with one attached hydrogen (secondary N) is 3. The number of amides is 6. The molecule has 13 nitrogen and oxygen atoms in total. The minimum atomic E-state index is -5.03. The molecule has 3 N–H and O–H groups in total. The zero-order chi connectivity index (χ0) is 51.2. The van der Waals surface area contributed by atoms with Crippen LogP contribution in [0.3, 0.4) is 0 Å². The first kappa shape index (κ1) is 59.7. The largest absolute Gasteiger partial charge is 0.403 e. The van der Waals surface area contributed by atoms with Gasteiger partial charge in [-0.25, -0.2) is 13.2 Å². The predicted octanol–water partition coefficient (Wildman–Crippen LogP) is 7.34. The number of hydrogen-bond acceptors (Lipinski definition) is 7. The van der Waals surface area contributed by atoms with Crippen LogP contribution in [0.15, 0.2) is 24.3 Å². The lowest BCUT2D eigenvalue weighted by molar-refractivity contribution is -0.299. The molecular weight excluding hydrogens is 920 g/mol. The van der Waals surface area contributed by atoms with Crippen LogP contribution in [0.1, 0.15) is 115 Å². The zero-order valence-electron chi connectivity index (χ0n) is 40.9. The van der Waals surface area contributed by atoms with E-state index in [-0.39, 0.29) is 50.3 Å².